The molecule has 5 aromatic rings. The highest BCUT2D eigenvalue weighted by atomic mass is 19.4. The van der Waals surface area contributed by atoms with Crippen molar-refractivity contribution in [3.05, 3.63) is 143 Å². The molecule has 56 heavy (non-hydrogen) atoms. The van der Waals surface area contributed by atoms with Gasteiger partial charge in [-0.1, -0.05) is 0 Å². The fourth-order valence-corrected chi connectivity index (χ4v) is 6.16. The number of alkyl halides is 12. The molecular weight excluding hydrogens is 770 g/mol. The summed E-state index contributed by atoms with van der Waals surface area (Å²) in [5, 5.41) is 0. The maximum Gasteiger partial charge on any atom is 0.416 e. The Morgan fingerprint density at radius 2 is 0.625 bits per heavy atom. The van der Waals surface area contributed by atoms with Gasteiger partial charge < -0.3 is 9.80 Å². The molecule has 0 unspecified atom stereocenters. The lowest BCUT2D eigenvalue weighted by Gasteiger charge is -2.34. The predicted octanol–water partition coefficient (Wildman–Crippen LogP) is 12.7. The second kappa shape index (κ2) is 13.9. The monoisotopic (exact) mass is 795 g/mol. The fourth-order valence-electron chi connectivity index (χ4n) is 6.16. The number of imide groups is 1. The number of nitrogens with zero attached hydrogens (tertiary/aromatic N) is 3. The quantitative estimate of drug-likeness (QED) is 0.122. The second-order valence-corrected chi connectivity index (χ2v) is 12.8. The maximum absolute atomic E-state index is 13.7. The molecule has 1 aliphatic rings. The zero-order valence-electron chi connectivity index (χ0n) is 28.7. The van der Waals surface area contributed by atoms with Crippen molar-refractivity contribution in [1.82, 2.24) is 4.90 Å². The third-order valence-electron chi connectivity index (χ3n) is 8.82. The SMILES string of the molecule is CC(C)N1C(=O)c2cc(N(c3ccc(C(F)(F)F)cc3)c3ccc(C(F)(F)F)cc3)c(N(c3ccc(C(F)(F)F)cc3)c3ccc(C(F)(F)F)cc3)cc2C1=O. The van der Waals surface area contributed by atoms with E-state index in [2.05, 4.69) is 0 Å². The van der Waals surface area contributed by atoms with Crippen molar-refractivity contribution in [2.45, 2.75) is 44.6 Å². The first kappa shape index (κ1) is 39.7. The number of carbonyl (C=O) groups excluding carboxylic acids is 2. The smallest absolute Gasteiger partial charge is 0.308 e. The number of benzene rings is 5. The molecule has 0 aromatic heterocycles. The van der Waals surface area contributed by atoms with E-state index in [-0.39, 0.29) is 45.3 Å². The lowest BCUT2D eigenvalue weighted by Crippen LogP contribution is -2.35. The van der Waals surface area contributed by atoms with E-state index in [1.807, 2.05) is 0 Å². The minimum atomic E-state index is -4.81. The van der Waals surface area contributed by atoms with E-state index in [1.54, 1.807) is 0 Å². The summed E-state index contributed by atoms with van der Waals surface area (Å²) >= 11 is 0. The van der Waals surface area contributed by atoms with Gasteiger partial charge in [-0.3, -0.25) is 14.5 Å². The Labute approximate surface area is 310 Å². The van der Waals surface area contributed by atoms with Crippen LogP contribution in [0.4, 0.5) is 86.8 Å². The topological polar surface area (TPSA) is 43.9 Å². The highest BCUT2D eigenvalue weighted by Gasteiger charge is 2.41. The average molecular weight is 796 g/mol. The van der Waals surface area contributed by atoms with Crippen molar-refractivity contribution in [3.63, 3.8) is 0 Å². The Morgan fingerprint density at radius 3 is 0.804 bits per heavy atom. The Morgan fingerprint density at radius 1 is 0.411 bits per heavy atom. The number of amides is 2. The molecule has 1 heterocycles. The van der Waals surface area contributed by atoms with Crippen LogP contribution in [-0.4, -0.2) is 22.8 Å². The molecule has 6 rings (SSSR count). The van der Waals surface area contributed by atoms with E-state index < -0.39 is 64.8 Å². The molecule has 0 radical (unpaired) electrons. The highest BCUT2D eigenvalue weighted by molar-refractivity contribution is 6.23. The maximum atomic E-state index is 13.7. The van der Waals surface area contributed by atoms with Crippen LogP contribution < -0.4 is 9.80 Å². The molecule has 0 saturated carbocycles. The molecule has 0 N–H and O–H groups in total. The number of hydrogen-bond donors (Lipinski definition) is 0. The molecule has 0 fully saturated rings. The Hall–Kier alpha value is -6.00. The minimum absolute atomic E-state index is 0.128. The summed E-state index contributed by atoms with van der Waals surface area (Å²) in [6.45, 7) is 3.05. The zero-order chi connectivity index (χ0) is 41.1. The third-order valence-corrected chi connectivity index (χ3v) is 8.82. The lowest BCUT2D eigenvalue weighted by atomic mass is 10.0. The molecular formula is C39H25F12N3O2. The summed E-state index contributed by atoms with van der Waals surface area (Å²) in [5.74, 6) is -1.63. The second-order valence-electron chi connectivity index (χ2n) is 12.8. The van der Waals surface area contributed by atoms with Crippen LogP contribution in [0.5, 0.6) is 0 Å². The summed E-state index contributed by atoms with van der Waals surface area (Å²) in [4.78, 5) is 30.6. The average Bonchev–Trinajstić information content (AvgIpc) is 3.36. The van der Waals surface area contributed by atoms with Gasteiger partial charge in [-0.15, -0.1) is 0 Å². The largest absolute Gasteiger partial charge is 0.416 e. The molecule has 5 aromatic carbocycles. The Bertz CT molecular complexity index is 1990. The fraction of sp³-hybridized carbons (Fsp3) is 0.179. The van der Waals surface area contributed by atoms with Crippen molar-refractivity contribution < 1.29 is 62.3 Å². The Balaban J connectivity index is 1.70. The first-order chi connectivity index (χ1) is 26.0. The molecule has 2 amide bonds. The molecule has 0 aliphatic carbocycles. The van der Waals surface area contributed by atoms with Crippen LogP contribution in [0.25, 0.3) is 0 Å². The number of hydrogen-bond acceptors (Lipinski definition) is 4. The van der Waals surface area contributed by atoms with Gasteiger partial charge >= 0.3 is 24.7 Å². The number of rotatable bonds is 7. The van der Waals surface area contributed by atoms with Gasteiger partial charge in [0.05, 0.1) is 44.8 Å². The first-order valence-corrected chi connectivity index (χ1v) is 16.3. The van der Waals surface area contributed by atoms with E-state index in [4.69, 9.17) is 0 Å². The normalized spacial score (nSPS) is 13.7. The molecule has 292 valence electrons. The minimum Gasteiger partial charge on any atom is -0.308 e. The van der Waals surface area contributed by atoms with Crippen LogP contribution in [0.2, 0.25) is 0 Å². The van der Waals surface area contributed by atoms with Gasteiger partial charge in [0.25, 0.3) is 11.8 Å². The van der Waals surface area contributed by atoms with Crippen molar-refractivity contribution in [2.24, 2.45) is 0 Å². The zero-order valence-corrected chi connectivity index (χ0v) is 28.7. The van der Waals surface area contributed by atoms with Crippen LogP contribution in [-0.2, 0) is 24.7 Å². The molecule has 17 heteroatoms. The van der Waals surface area contributed by atoms with Crippen molar-refractivity contribution in [2.75, 3.05) is 9.80 Å². The number of carbonyl (C=O) groups is 2. The van der Waals surface area contributed by atoms with Crippen LogP contribution in [0, 0.1) is 0 Å². The summed E-state index contributed by atoms with van der Waals surface area (Å²) in [5.41, 5.74) is -5.85. The van der Waals surface area contributed by atoms with Gasteiger partial charge in [-0.05, 0) is 123 Å². The summed E-state index contributed by atoms with van der Waals surface area (Å²) in [6, 6.07) is 14.8. The summed E-state index contributed by atoms with van der Waals surface area (Å²) in [7, 11) is 0. The lowest BCUT2D eigenvalue weighted by molar-refractivity contribution is -0.138. The molecule has 0 spiro atoms. The molecule has 0 saturated heterocycles. The van der Waals surface area contributed by atoms with E-state index in [9.17, 15) is 62.3 Å². The van der Waals surface area contributed by atoms with Gasteiger partial charge in [0.2, 0.25) is 0 Å². The van der Waals surface area contributed by atoms with Crippen LogP contribution in [0.1, 0.15) is 56.8 Å². The van der Waals surface area contributed by atoms with E-state index in [0.717, 1.165) is 75.4 Å². The van der Waals surface area contributed by atoms with Gasteiger partial charge in [0.15, 0.2) is 0 Å². The van der Waals surface area contributed by atoms with Gasteiger partial charge in [-0.2, -0.15) is 52.7 Å². The van der Waals surface area contributed by atoms with E-state index in [1.165, 1.54) is 13.8 Å². The van der Waals surface area contributed by atoms with Crippen LogP contribution in [0.3, 0.4) is 0 Å². The van der Waals surface area contributed by atoms with Crippen molar-refractivity contribution in [3.8, 4) is 0 Å². The molecule has 0 atom stereocenters. The first-order valence-electron chi connectivity index (χ1n) is 16.3. The van der Waals surface area contributed by atoms with Crippen molar-refractivity contribution in [1.29, 1.82) is 0 Å². The van der Waals surface area contributed by atoms with Crippen molar-refractivity contribution >= 4 is 45.9 Å². The number of fused-ring (bicyclic) bond motifs is 1. The number of anilines is 6. The van der Waals surface area contributed by atoms with E-state index >= 15 is 0 Å². The van der Waals surface area contributed by atoms with Gasteiger partial charge in [0, 0.05) is 28.8 Å². The number of halogens is 12. The summed E-state index contributed by atoms with van der Waals surface area (Å²) in [6.07, 6.45) is -19.3. The third kappa shape index (κ3) is 7.62. The van der Waals surface area contributed by atoms with Gasteiger partial charge in [0.1, 0.15) is 0 Å². The summed E-state index contributed by atoms with van der Waals surface area (Å²) < 4.78 is 164. The molecule has 0 bridgehead atoms. The molecule has 1 aliphatic heterocycles. The Kier molecular flexibility index (Phi) is 9.88. The molecule has 5 nitrogen and oxygen atoms in total. The van der Waals surface area contributed by atoms with Crippen LogP contribution >= 0.6 is 0 Å². The van der Waals surface area contributed by atoms with Crippen LogP contribution in [0.15, 0.2) is 109 Å². The van der Waals surface area contributed by atoms with Gasteiger partial charge in [-0.25, -0.2) is 0 Å². The standard InChI is InChI=1S/C39H25F12N3O2/c1-21(2)52-34(55)30-19-32(53(26-11-3-22(4-12-26)36(40,41)42)27-13-5-23(6-14-27)37(43,44)45)33(20-31(30)35(52)56)54(28-15-7-24(8-16-28)38(46,47)48)29-17-9-25(10-18-29)39(49,50)51/h3-21H,1-2H3. The highest BCUT2D eigenvalue weighted by Crippen LogP contribution is 2.49. The van der Waals surface area contributed by atoms with E-state index in [0.29, 0.717) is 48.5 Å². The predicted molar refractivity (Wildman–Crippen MR) is 181 cm³/mol.